The van der Waals surface area contributed by atoms with Crippen LogP contribution in [0.5, 0.6) is 0 Å². The van der Waals surface area contributed by atoms with Crippen LogP contribution in [0.2, 0.25) is 0 Å². The maximum atomic E-state index is 12.9. The van der Waals surface area contributed by atoms with Crippen LogP contribution in [0.3, 0.4) is 0 Å². The van der Waals surface area contributed by atoms with Gasteiger partial charge in [-0.2, -0.15) is 13.2 Å². The number of aromatic nitrogens is 3. The molecule has 0 spiro atoms. The summed E-state index contributed by atoms with van der Waals surface area (Å²) in [5.74, 6) is -1.06. The number of benzene rings is 1. The molecule has 0 aliphatic carbocycles. The average Bonchev–Trinajstić information content (AvgIpc) is 3.08. The van der Waals surface area contributed by atoms with E-state index in [1.165, 1.54) is 11.3 Å². The number of carboxylic acids is 1. The van der Waals surface area contributed by atoms with E-state index in [9.17, 15) is 23.1 Å². The summed E-state index contributed by atoms with van der Waals surface area (Å²) in [6.45, 7) is 5.14. The predicted octanol–water partition coefficient (Wildman–Crippen LogP) is 2.44. The molecule has 0 atom stereocenters. The number of carbonyl (C=O) groups is 1. The molecule has 160 valence electrons. The first-order valence-corrected chi connectivity index (χ1v) is 9.73. The van der Waals surface area contributed by atoms with Gasteiger partial charge in [-0.15, -0.1) is 11.3 Å². The summed E-state index contributed by atoms with van der Waals surface area (Å²) >= 11 is 1.38. The molecular weight excluding hydrogens is 456 g/mol. The van der Waals surface area contributed by atoms with E-state index in [1.54, 1.807) is 32.2 Å². The van der Waals surface area contributed by atoms with Crippen molar-refractivity contribution in [2.24, 2.45) is 5.41 Å². The monoisotopic (exact) mass is 476 g/mol. The Balaban J connectivity index is 0.00000256. The van der Waals surface area contributed by atoms with E-state index >= 15 is 0 Å². The molecule has 0 saturated heterocycles. The molecule has 6 nitrogen and oxygen atoms in total. The summed E-state index contributed by atoms with van der Waals surface area (Å²) in [6.07, 6.45) is -1.55. The Hall–Kier alpha value is -1.37. The third kappa shape index (κ3) is 6.80. The van der Waals surface area contributed by atoms with Crippen LogP contribution in [0.4, 0.5) is 24.8 Å². The molecule has 0 amide bonds. The van der Waals surface area contributed by atoms with Crippen molar-refractivity contribution < 1.29 is 75.9 Å². The Morgan fingerprint density at radius 1 is 1.23 bits per heavy atom. The predicted molar refractivity (Wildman–Crippen MR) is 109 cm³/mol. The molecule has 0 aliphatic heterocycles. The largest absolute Gasteiger partial charge is 1.00 e. The molecule has 2 N–H and O–H groups in total. The maximum Gasteiger partial charge on any atom is 1.00 e. The molecule has 0 saturated carbocycles. The summed E-state index contributed by atoms with van der Waals surface area (Å²) in [5, 5.41) is 12.8. The average molecular weight is 477 g/mol. The van der Waals surface area contributed by atoms with Gasteiger partial charge in [0.05, 0.1) is 15.3 Å². The molecule has 0 fully saturated rings. The Kier molecular flexibility index (Phi) is 8.39. The number of hydrogen-bond donors (Lipinski definition) is 2. The Morgan fingerprint density at radius 3 is 2.58 bits per heavy atom. The van der Waals surface area contributed by atoms with Gasteiger partial charge in [-0.05, 0) is 50.1 Å². The second kappa shape index (κ2) is 10.0. The van der Waals surface area contributed by atoms with Gasteiger partial charge in [0.1, 0.15) is 5.69 Å². The van der Waals surface area contributed by atoms with Crippen LogP contribution in [0.1, 0.15) is 31.5 Å². The molecule has 31 heavy (non-hydrogen) atoms. The van der Waals surface area contributed by atoms with Crippen molar-refractivity contribution in [1.29, 1.82) is 0 Å². The second-order valence-electron chi connectivity index (χ2n) is 7.46. The summed E-state index contributed by atoms with van der Waals surface area (Å²) in [5.41, 5.74) is 0.255. The van der Waals surface area contributed by atoms with E-state index in [0.29, 0.717) is 17.1 Å². The maximum absolute atomic E-state index is 12.9. The number of anilines is 2. The van der Waals surface area contributed by atoms with Gasteiger partial charge in [-0.3, -0.25) is 4.79 Å². The number of rotatable bonds is 6. The van der Waals surface area contributed by atoms with E-state index < -0.39 is 23.3 Å². The molecule has 1 aromatic carbocycles. The minimum atomic E-state index is -4.56. The van der Waals surface area contributed by atoms with E-state index in [0.717, 1.165) is 28.3 Å². The van der Waals surface area contributed by atoms with E-state index in [1.807, 2.05) is 13.0 Å². The molecule has 3 aromatic rings. The Bertz CT molecular complexity index is 1090. The molecule has 0 unspecified atom stereocenters. The van der Waals surface area contributed by atoms with Gasteiger partial charge in [0.25, 0.3) is 0 Å². The number of halogens is 3. The topological polar surface area (TPSA) is 88.0 Å². The van der Waals surface area contributed by atoms with Crippen molar-refractivity contribution in [3.05, 3.63) is 52.9 Å². The number of nitrogens with zero attached hydrogens (tertiary/aromatic N) is 3. The first kappa shape index (κ1) is 25.9. The van der Waals surface area contributed by atoms with Crippen molar-refractivity contribution in [2.75, 3.05) is 5.32 Å². The minimum Gasteiger partial charge on any atom is -1.00 e. The fourth-order valence-electron chi connectivity index (χ4n) is 2.68. The van der Waals surface area contributed by atoms with Gasteiger partial charge in [0, 0.05) is 24.5 Å². The van der Waals surface area contributed by atoms with Crippen LogP contribution in [0.25, 0.3) is 10.4 Å². The van der Waals surface area contributed by atoms with Crippen LogP contribution >= 0.6 is 11.3 Å². The van der Waals surface area contributed by atoms with E-state index in [4.69, 9.17) is 0 Å². The van der Waals surface area contributed by atoms with Gasteiger partial charge in [-0.25, -0.2) is 15.0 Å². The molecule has 0 bridgehead atoms. The number of hydrogen-bond acceptors (Lipinski definition) is 6. The van der Waals surface area contributed by atoms with Crippen molar-refractivity contribution in [3.63, 3.8) is 0 Å². The number of thiazole rings is 1. The van der Waals surface area contributed by atoms with Gasteiger partial charge < -0.3 is 11.8 Å². The van der Waals surface area contributed by atoms with Crippen LogP contribution in [0, 0.1) is 12.3 Å². The van der Waals surface area contributed by atoms with Crippen LogP contribution in [-0.4, -0.2) is 26.0 Å². The Morgan fingerprint density at radius 2 is 1.94 bits per heavy atom. The summed E-state index contributed by atoms with van der Waals surface area (Å²) in [7, 11) is 0. The third-order valence-corrected chi connectivity index (χ3v) is 5.34. The minimum absolute atomic E-state index is 0. The van der Waals surface area contributed by atoms with Crippen molar-refractivity contribution in [3.8, 4) is 10.4 Å². The normalized spacial score (nSPS) is 11.7. The first-order valence-electron chi connectivity index (χ1n) is 8.91. The molecule has 2 heterocycles. The van der Waals surface area contributed by atoms with Gasteiger partial charge >= 0.3 is 63.5 Å². The summed E-state index contributed by atoms with van der Waals surface area (Å²) in [4.78, 5) is 23.9. The molecule has 0 radical (unpaired) electrons. The number of nitrogens with one attached hydrogen (secondary N) is 1. The third-order valence-electron chi connectivity index (χ3n) is 4.29. The fourth-order valence-corrected chi connectivity index (χ4v) is 3.82. The molecule has 0 aliphatic rings. The quantitative estimate of drug-likeness (QED) is 0.532. The fraction of sp³-hybridized carbons (Fsp3) is 0.300. The van der Waals surface area contributed by atoms with Gasteiger partial charge in [0.15, 0.2) is 0 Å². The van der Waals surface area contributed by atoms with Crippen molar-refractivity contribution in [2.45, 2.75) is 33.4 Å². The van der Waals surface area contributed by atoms with Gasteiger partial charge in [0.2, 0.25) is 5.95 Å². The number of aliphatic carboxylic acids is 1. The van der Waals surface area contributed by atoms with Crippen LogP contribution in [-0.2, 0) is 17.4 Å². The summed E-state index contributed by atoms with van der Waals surface area (Å²) in [6, 6.07) is 6.25. The standard InChI is InChI=1S/C20H19F3N4O2S.K.H/c1-11-6-12(14-10-25-16(30-14)9-19(2,3)17(28)29)8-13(7-11)26-18-24-5-4-15(27-18)20(21,22)23;;/h4-8,10H,9H2,1-3H3,(H,28,29)(H,24,26,27);;/q;+1;-1. The zero-order valence-corrected chi connectivity index (χ0v) is 21.4. The Labute approximate surface area is 225 Å². The molecule has 11 heteroatoms. The van der Waals surface area contributed by atoms with Crippen LogP contribution in [0.15, 0.2) is 36.7 Å². The number of carboxylic acid groups (broad SMARTS) is 1. The van der Waals surface area contributed by atoms with Gasteiger partial charge in [-0.1, -0.05) is 6.07 Å². The second-order valence-corrected chi connectivity index (χ2v) is 8.58. The zero-order chi connectivity index (χ0) is 22.1. The first-order chi connectivity index (χ1) is 13.9. The molecule has 2 aromatic heterocycles. The van der Waals surface area contributed by atoms with Crippen molar-refractivity contribution in [1.82, 2.24) is 15.0 Å². The van der Waals surface area contributed by atoms with Crippen LogP contribution < -0.4 is 56.7 Å². The van der Waals surface area contributed by atoms with E-state index in [-0.39, 0.29) is 58.8 Å². The van der Waals surface area contributed by atoms with E-state index in [2.05, 4.69) is 20.3 Å². The zero-order valence-electron chi connectivity index (χ0n) is 18.4. The molecule has 3 rings (SSSR count). The smallest absolute Gasteiger partial charge is 1.00 e. The summed E-state index contributed by atoms with van der Waals surface area (Å²) < 4.78 is 38.6. The number of alkyl halides is 3. The molecular formula is C20H20F3KN4O2S. The van der Waals surface area contributed by atoms with Crippen molar-refractivity contribution >= 4 is 28.9 Å². The number of aryl methyl sites for hydroxylation is 1. The SMILES string of the molecule is Cc1cc(Nc2nccc(C(F)(F)F)n2)cc(-c2cnc(CC(C)(C)C(=O)O)s2)c1.[H-].[K+].